The second-order valence-electron chi connectivity index (χ2n) is 6.15. The van der Waals surface area contributed by atoms with Crippen molar-refractivity contribution in [3.05, 3.63) is 71.1 Å². The first kappa shape index (κ1) is 19.1. The quantitative estimate of drug-likeness (QED) is 0.814. The lowest BCUT2D eigenvalue weighted by molar-refractivity contribution is 0.0696. The number of benzene rings is 2. The van der Waals surface area contributed by atoms with Crippen LogP contribution in [0, 0.1) is 6.92 Å². The smallest absolute Gasteiger partial charge is 0.335 e. The van der Waals surface area contributed by atoms with Crippen LogP contribution in [0.25, 0.3) is 0 Å². The molecule has 9 heteroatoms. The molecule has 0 saturated carbocycles. The van der Waals surface area contributed by atoms with Gasteiger partial charge in [-0.15, -0.1) is 0 Å². The average Bonchev–Trinajstić information content (AvgIpc) is 2.95. The largest absolute Gasteiger partial charge is 0.478 e. The molecule has 0 radical (unpaired) electrons. The van der Waals surface area contributed by atoms with Gasteiger partial charge in [0.1, 0.15) is 0 Å². The van der Waals surface area contributed by atoms with Gasteiger partial charge in [-0.1, -0.05) is 24.3 Å². The predicted octanol–water partition coefficient (Wildman–Crippen LogP) is 2.20. The first-order chi connectivity index (χ1) is 12.6. The number of aromatic carboxylic acids is 1. The maximum Gasteiger partial charge on any atom is 0.335 e. The van der Waals surface area contributed by atoms with Gasteiger partial charge in [-0.2, -0.15) is 0 Å². The minimum absolute atomic E-state index is 0.165. The van der Waals surface area contributed by atoms with Gasteiger partial charge in [0.05, 0.1) is 27.9 Å². The highest BCUT2D eigenvalue weighted by molar-refractivity contribution is 7.95. The van der Waals surface area contributed by atoms with E-state index in [0.29, 0.717) is 11.3 Å². The zero-order valence-electron chi connectivity index (χ0n) is 14.3. The second kappa shape index (κ2) is 6.82. The number of hydrogen-bond donors (Lipinski definition) is 1. The van der Waals surface area contributed by atoms with Gasteiger partial charge >= 0.3 is 5.97 Å². The summed E-state index contributed by atoms with van der Waals surface area (Å²) in [7, 11) is -7.72. The molecule has 1 aliphatic heterocycles. The van der Waals surface area contributed by atoms with Crippen LogP contribution in [-0.4, -0.2) is 39.7 Å². The summed E-state index contributed by atoms with van der Waals surface area (Å²) in [4.78, 5) is 11.1. The van der Waals surface area contributed by atoms with Crippen molar-refractivity contribution in [2.75, 3.05) is 10.1 Å². The summed E-state index contributed by atoms with van der Waals surface area (Å²) in [5.41, 5.74) is 0.497. The SMILES string of the molecule is Cc1ccc(C(=O)O)cc1S(=O)(=O)N(c1ccccc1)[C@H]1C=CS(=O)(=O)C1. The van der Waals surface area contributed by atoms with Crippen LogP contribution in [0.1, 0.15) is 15.9 Å². The molecule has 1 atom stereocenters. The maximum absolute atomic E-state index is 13.4. The molecule has 0 aromatic heterocycles. The van der Waals surface area contributed by atoms with Gasteiger partial charge in [-0.05, 0) is 42.8 Å². The van der Waals surface area contributed by atoms with Crippen molar-refractivity contribution in [3.8, 4) is 0 Å². The van der Waals surface area contributed by atoms with E-state index in [1.807, 2.05) is 0 Å². The van der Waals surface area contributed by atoms with Crippen molar-refractivity contribution in [2.45, 2.75) is 17.9 Å². The molecule has 0 fully saturated rings. The molecule has 3 rings (SSSR count). The number of carboxylic acid groups (broad SMARTS) is 1. The van der Waals surface area contributed by atoms with E-state index in [1.165, 1.54) is 18.2 Å². The number of anilines is 1. The van der Waals surface area contributed by atoms with Crippen LogP contribution >= 0.6 is 0 Å². The van der Waals surface area contributed by atoms with Crippen molar-refractivity contribution in [1.82, 2.24) is 0 Å². The summed E-state index contributed by atoms with van der Waals surface area (Å²) in [5.74, 6) is -1.63. The van der Waals surface area contributed by atoms with Gasteiger partial charge in [0, 0.05) is 5.41 Å². The van der Waals surface area contributed by atoms with E-state index < -0.39 is 31.9 Å². The van der Waals surface area contributed by atoms with Crippen molar-refractivity contribution in [3.63, 3.8) is 0 Å². The normalized spacial score (nSPS) is 18.3. The molecule has 2 aromatic carbocycles. The van der Waals surface area contributed by atoms with Crippen LogP contribution in [0.5, 0.6) is 0 Å². The third-order valence-corrected chi connectivity index (χ3v) is 7.57. The Kier molecular flexibility index (Phi) is 4.83. The first-order valence-corrected chi connectivity index (χ1v) is 11.1. The van der Waals surface area contributed by atoms with Gasteiger partial charge in [0.15, 0.2) is 9.84 Å². The molecule has 1 heterocycles. The summed E-state index contributed by atoms with van der Waals surface area (Å²) in [6.45, 7) is 1.56. The highest BCUT2D eigenvalue weighted by atomic mass is 32.2. The van der Waals surface area contributed by atoms with Gasteiger partial charge in [-0.25, -0.2) is 21.6 Å². The Balaban J connectivity index is 2.19. The third-order valence-electron chi connectivity index (χ3n) is 4.19. The highest BCUT2D eigenvalue weighted by Crippen LogP contribution is 2.31. The lowest BCUT2D eigenvalue weighted by Gasteiger charge is -2.29. The Bertz CT molecular complexity index is 1120. The minimum atomic E-state index is -4.22. The lowest BCUT2D eigenvalue weighted by Crippen LogP contribution is -2.41. The Morgan fingerprint density at radius 2 is 1.81 bits per heavy atom. The molecular formula is C18H17NO6S2. The van der Waals surface area contributed by atoms with Crippen LogP contribution in [0.4, 0.5) is 5.69 Å². The molecule has 0 spiro atoms. The summed E-state index contributed by atoms with van der Waals surface area (Å²) < 4.78 is 51.6. The summed E-state index contributed by atoms with van der Waals surface area (Å²) in [6.07, 6.45) is 1.33. The van der Waals surface area contributed by atoms with Gasteiger partial charge in [-0.3, -0.25) is 4.31 Å². The van der Waals surface area contributed by atoms with Crippen LogP contribution in [0.3, 0.4) is 0 Å². The molecule has 142 valence electrons. The van der Waals surface area contributed by atoms with Crippen molar-refractivity contribution in [2.24, 2.45) is 0 Å². The number of aryl methyl sites for hydroxylation is 1. The molecular weight excluding hydrogens is 390 g/mol. The molecule has 0 aliphatic carbocycles. The van der Waals surface area contributed by atoms with Crippen LogP contribution in [0.2, 0.25) is 0 Å². The van der Waals surface area contributed by atoms with Gasteiger partial charge in [0.2, 0.25) is 0 Å². The van der Waals surface area contributed by atoms with Gasteiger partial charge in [0.25, 0.3) is 10.0 Å². The maximum atomic E-state index is 13.4. The second-order valence-corrected chi connectivity index (χ2v) is 9.86. The molecule has 0 unspecified atom stereocenters. The number of nitrogens with zero attached hydrogens (tertiary/aromatic N) is 1. The number of hydrogen-bond acceptors (Lipinski definition) is 5. The number of sulfonamides is 1. The number of carboxylic acids is 1. The first-order valence-electron chi connectivity index (χ1n) is 7.96. The molecule has 0 bridgehead atoms. The van der Waals surface area contributed by atoms with Crippen molar-refractivity contribution < 1.29 is 26.7 Å². The predicted molar refractivity (Wildman–Crippen MR) is 101 cm³/mol. The fourth-order valence-corrected chi connectivity index (χ4v) is 6.13. The number of rotatable bonds is 5. The number of carbonyl (C=O) groups is 1. The fraction of sp³-hybridized carbons (Fsp3) is 0.167. The monoisotopic (exact) mass is 407 g/mol. The molecule has 0 saturated heterocycles. The zero-order valence-corrected chi connectivity index (χ0v) is 15.9. The Hall–Kier alpha value is -2.65. The van der Waals surface area contributed by atoms with E-state index in [1.54, 1.807) is 37.3 Å². The van der Waals surface area contributed by atoms with E-state index >= 15 is 0 Å². The van der Waals surface area contributed by atoms with E-state index in [4.69, 9.17) is 0 Å². The van der Waals surface area contributed by atoms with Crippen molar-refractivity contribution in [1.29, 1.82) is 0 Å². The standard InChI is InChI=1S/C18H17NO6S2/c1-13-7-8-14(18(20)21)11-17(13)27(24,25)19(15-5-3-2-4-6-15)16-9-10-26(22,23)12-16/h2-11,16H,12H2,1H3,(H,20,21)/t16-/m0/s1. The third kappa shape index (κ3) is 3.74. The lowest BCUT2D eigenvalue weighted by atomic mass is 10.1. The highest BCUT2D eigenvalue weighted by Gasteiger charge is 2.36. The number of sulfone groups is 1. The summed E-state index contributed by atoms with van der Waals surface area (Å²) >= 11 is 0. The Morgan fingerprint density at radius 3 is 2.37 bits per heavy atom. The van der Waals surface area contributed by atoms with E-state index in [0.717, 1.165) is 15.8 Å². The van der Waals surface area contributed by atoms with E-state index in [-0.39, 0.29) is 16.2 Å². The van der Waals surface area contributed by atoms with Crippen LogP contribution in [0.15, 0.2) is 64.9 Å². The van der Waals surface area contributed by atoms with Gasteiger partial charge < -0.3 is 5.11 Å². The Morgan fingerprint density at radius 1 is 1.15 bits per heavy atom. The van der Waals surface area contributed by atoms with Crippen LogP contribution in [-0.2, 0) is 19.9 Å². The fourth-order valence-electron chi connectivity index (χ4n) is 2.91. The minimum Gasteiger partial charge on any atom is -0.478 e. The topological polar surface area (TPSA) is 109 Å². The van der Waals surface area contributed by atoms with E-state index in [9.17, 15) is 26.7 Å². The number of para-hydroxylation sites is 1. The van der Waals surface area contributed by atoms with Crippen molar-refractivity contribution >= 4 is 31.5 Å². The molecule has 0 amide bonds. The molecule has 7 nitrogen and oxygen atoms in total. The summed E-state index contributed by atoms with van der Waals surface area (Å²) in [5, 5.41) is 10.2. The molecule has 27 heavy (non-hydrogen) atoms. The Labute approximate surface area is 157 Å². The molecule has 2 aromatic rings. The molecule has 1 aliphatic rings. The zero-order chi connectivity index (χ0) is 19.8. The van der Waals surface area contributed by atoms with Crippen LogP contribution < -0.4 is 4.31 Å². The summed E-state index contributed by atoms with van der Waals surface area (Å²) in [6, 6.07) is 11.0. The average molecular weight is 407 g/mol. The molecule has 1 N–H and O–H groups in total. The van der Waals surface area contributed by atoms with E-state index in [2.05, 4.69) is 0 Å².